The van der Waals surface area contributed by atoms with Crippen LogP contribution in [0.25, 0.3) is 11.2 Å². The van der Waals surface area contributed by atoms with Gasteiger partial charge in [-0.1, -0.05) is 30.3 Å². The second-order valence-electron chi connectivity index (χ2n) is 7.10. The van der Waals surface area contributed by atoms with E-state index in [0.717, 1.165) is 5.56 Å². The Bertz CT molecular complexity index is 1130. The summed E-state index contributed by atoms with van der Waals surface area (Å²) in [5.74, 6) is 0.0691. The number of aliphatic hydroxyl groups is 2. The first-order valence-corrected chi connectivity index (χ1v) is 11.2. The van der Waals surface area contributed by atoms with E-state index in [4.69, 9.17) is 19.7 Å². The smallest absolute Gasteiger partial charge is 0.403 e. The summed E-state index contributed by atoms with van der Waals surface area (Å²) in [4.78, 5) is 22.2. The Morgan fingerprint density at radius 2 is 2.00 bits per heavy atom. The van der Waals surface area contributed by atoms with Gasteiger partial charge in [-0.15, -0.1) is 0 Å². The lowest BCUT2D eigenvalue weighted by Crippen LogP contribution is -2.34. The standard InChI is InChI=1S/C18H23N6O7P/c1-29-16-12-15(22-18(19)23-16)24(9-20-12)17-14(26)13(25)11(31-17)8-30-32(27,28)21-7-10-5-3-2-4-6-10/h2-6,9,11,13-14,17,25-26H,7-8H2,1H3,(H2,19,22,23)(H2,21,27,28). The molecule has 0 radical (unpaired) electrons. The first-order chi connectivity index (χ1) is 15.3. The van der Waals surface area contributed by atoms with Crippen molar-refractivity contribution in [3.05, 3.63) is 42.2 Å². The second kappa shape index (κ2) is 9.08. The van der Waals surface area contributed by atoms with Gasteiger partial charge < -0.3 is 30.3 Å². The summed E-state index contributed by atoms with van der Waals surface area (Å²) in [6.45, 7) is -0.338. The van der Waals surface area contributed by atoms with E-state index in [-0.39, 0.29) is 29.5 Å². The van der Waals surface area contributed by atoms with Crippen molar-refractivity contribution >= 4 is 24.9 Å². The number of anilines is 1. The molecule has 3 aromatic rings. The Morgan fingerprint density at radius 3 is 2.72 bits per heavy atom. The predicted molar refractivity (Wildman–Crippen MR) is 111 cm³/mol. The van der Waals surface area contributed by atoms with Gasteiger partial charge in [-0.25, -0.2) is 14.6 Å². The number of nitrogen functional groups attached to an aromatic ring is 1. The highest BCUT2D eigenvalue weighted by Gasteiger charge is 2.45. The van der Waals surface area contributed by atoms with Crippen LogP contribution in [0, 0.1) is 0 Å². The number of methoxy groups -OCH3 is 1. The number of nitrogens with one attached hydrogen (secondary N) is 1. The van der Waals surface area contributed by atoms with Crippen molar-refractivity contribution in [1.82, 2.24) is 24.6 Å². The summed E-state index contributed by atoms with van der Waals surface area (Å²) in [5.41, 5.74) is 7.01. The zero-order valence-corrected chi connectivity index (χ0v) is 17.9. The molecule has 3 heterocycles. The number of imidazole rings is 1. The lowest BCUT2D eigenvalue weighted by atomic mass is 10.1. The number of nitrogens with zero attached hydrogens (tertiary/aromatic N) is 4. The molecule has 1 aliphatic heterocycles. The van der Waals surface area contributed by atoms with Crippen LogP contribution < -0.4 is 15.6 Å². The highest BCUT2D eigenvalue weighted by molar-refractivity contribution is 7.50. The van der Waals surface area contributed by atoms with Gasteiger partial charge in [0.15, 0.2) is 17.4 Å². The van der Waals surface area contributed by atoms with Crippen LogP contribution in [-0.2, 0) is 20.4 Å². The molecule has 1 fully saturated rings. The average Bonchev–Trinajstić information content (AvgIpc) is 3.32. The lowest BCUT2D eigenvalue weighted by molar-refractivity contribution is -0.0487. The molecule has 172 valence electrons. The number of hydrogen-bond donors (Lipinski definition) is 5. The molecule has 6 N–H and O–H groups in total. The highest BCUT2D eigenvalue weighted by atomic mass is 31.2. The molecule has 32 heavy (non-hydrogen) atoms. The Balaban J connectivity index is 1.44. The van der Waals surface area contributed by atoms with Crippen molar-refractivity contribution in [1.29, 1.82) is 0 Å². The Labute approximate surface area is 182 Å². The van der Waals surface area contributed by atoms with E-state index in [1.54, 1.807) is 24.3 Å². The number of rotatable bonds is 8. The van der Waals surface area contributed by atoms with Gasteiger partial charge >= 0.3 is 7.75 Å². The fourth-order valence-corrected chi connectivity index (χ4v) is 4.16. The molecule has 1 saturated heterocycles. The maximum absolute atomic E-state index is 12.3. The molecule has 0 amide bonds. The van der Waals surface area contributed by atoms with Crippen LogP contribution in [0.5, 0.6) is 5.88 Å². The summed E-state index contributed by atoms with van der Waals surface area (Å²) in [6, 6.07) is 9.02. The monoisotopic (exact) mass is 466 g/mol. The normalized spacial score (nSPS) is 25.1. The van der Waals surface area contributed by atoms with E-state index in [2.05, 4.69) is 20.0 Å². The Hall–Kier alpha value is -2.64. The van der Waals surface area contributed by atoms with Crippen LogP contribution in [0.3, 0.4) is 0 Å². The van der Waals surface area contributed by atoms with Crippen molar-refractivity contribution < 1.29 is 33.7 Å². The van der Waals surface area contributed by atoms with Crippen LogP contribution in [0.15, 0.2) is 36.7 Å². The van der Waals surface area contributed by atoms with Crippen LogP contribution in [0.4, 0.5) is 5.95 Å². The topological polar surface area (TPSA) is 187 Å². The van der Waals surface area contributed by atoms with Crippen LogP contribution in [-0.4, -0.2) is 66.7 Å². The third-order valence-corrected chi connectivity index (χ3v) is 6.01. The van der Waals surface area contributed by atoms with Crippen molar-refractivity contribution in [3.63, 3.8) is 0 Å². The minimum absolute atomic E-state index is 0.0743. The van der Waals surface area contributed by atoms with E-state index in [0.29, 0.717) is 0 Å². The van der Waals surface area contributed by atoms with Crippen molar-refractivity contribution in [2.24, 2.45) is 0 Å². The molecule has 14 heteroatoms. The van der Waals surface area contributed by atoms with Crippen LogP contribution in [0.1, 0.15) is 11.8 Å². The summed E-state index contributed by atoms with van der Waals surface area (Å²) in [5, 5.41) is 23.3. The fourth-order valence-electron chi connectivity index (χ4n) is 3.34. The molecule has 0 saturated carbocycles. The molecule has 0 aliphatic carbocycles. The number of nitrogens with two attached hydrogens (primary N) is 1. The minimum Gasteiger partial charge on any atom is -0.479 e. The first-order valence-electron chi connectivity index (χ1n) is 9.61. The summed E-state index contributed by atoms with van der Waals surface area (Å²) in [6.07, 6.45) is -3.64. The number of ether oxygens (including phenoxy) is 2. The van der Waals surface area contributed by atoms with Gasteiger partial charge in [-0.3, -0.25) is 9.09 Å². The molecule has 13 nitrogen and oxygen atoms in total. The van der Waals surface area contributed by atoms with Crippen LogP contribution in [0.2, 0.25) is 0 Å². The van der Waals surface area contributed by atoms with E-state index in [1.807, 2.05) is 6.07 Å². The zero-order valence-electron chi connectivity index (χ0n) is 17.0. The van der Waals surface area contributed by atoms with Gasteiger partial charge in [0, 0.05) is 6.54 Å². The summed E-state index contributed by atoms with van der Waals surface area (Å²) in [7, 11) is -2.79. The van der Waals surface area contributed by atoms with Gasteiger partial charge in [0.1, 0.15) is 18.3 Å². The number of aliphatic hydroxyl groups excluding tert-OH is 2. The SMILES string of the molecule is COc1nc(N)nc2c1ncn2C1OC(COP(=O)(O)NCc2ccccc2)C(O)C1O. The maximum atomic E-state index is 12.3. The van der Waals surface area contributed by atoms with Crippen molar-refractivity contribution in [2.75, 3.05) is 19.5 Å². The van der Waals surface area contributed by atoms with Crippen molar-refractivity contribution in [3.8, 4) is 5.88 Å². The summed E-state index contributed by atoms with van der Waals surface area (Å²) >= 11 is 0. The molecular weight excluding hydrogens is 443 g/mol. The van der Waals surface area contributed by atoms with E-state index < -0.39 is 38.9 Å². The molecule has 1 aliphatic rings. The Kier molecular flexibility index (Phi) is 6.40. The summed E-state index contributed by atoms with van der Waals surface area (Å²) < 4.78 is 29.6. The predicted octanol–water partition coefficient (Wildman–Crippen LogP) is -0.0569. The van der Waals surface area contributed by atoms with E-state index in [9.17, 15) is 19.7 Å². The quantitative estimate of drug-likeness (QED) is 0.279. The number of hydrogen-bond acceptors (Lipinski definition) is 10. The fraction of sp³-hybridized carbons (Fsp3) is 0.389. The molecule has 5 unspecified atom stereocenters. The maximum Gasteiger partial charge on any atom is 0.403 e. The third-order valence-electron chi connectivity index (χ3n) is 4.95. The van der Waals surface area contributed by atoms with E-state index in [1.165, 1.54) is 18.0 Å². The molecule has 4 rings (SSSR count). The highest BCUT2D eigenvalue weighted by Crippen LogP contribution is 2.40. The molecule has 1 aromatic carbocycles. The molecule has 5 atom stereocenters. The van der Waals surface area contributed by atoms with Crippen molar-refractivity contribution in [2.45, 2.75) is 31.1 Å². The number of benzene rings is 1. The molecule has 0 spiro atoms. The molecule has 0 bridgehead atoms. The molecule has 2 aromatic heterocycles. The second-order valence-corrected chi connectivity index (χ2v) is 8.71. The number of fused-ring (bicyclic) bond motifs is 1. The first kappa shape index (κ1) is 22.6. The van der Waals surface area contributed by atoms with Gasteiger partial charge in [-0.2, -0.15) is 9.97 Å². The average molecular weight is 466 g/mol. The minimum atomic E-state index is -4.19. The largest absolute Gasteiger partial charge is 0.479 e. The lowest BCUT2D eigenvalue weighted by Gasteiger charge is -2.18. The van der Waals surface area contributed by atoms with Gasteiger partial charge in [0.2, 0.25) is 11.8 Å². The van der Waals surface area contributed by atoms with Gasteiger partial charge in [0.05, 0.1) is 20.0 Å². The zero-order chi connectivity index (χ0) is 22.9. The molecular formula is C18H23N6O7P. The Morgan fingerprint density at radius 1 is 1.25 bits per heavy atom. The van der Waals surface area contributed by atoms with Crippen LogP contribution >= 0.6 is 7.75 Å². The third kappa shape index (κ3) is 4.59. The van der Waals surface area contributed by atoms with Gasteiger partial charge in [0.25, 0.3) is 0 Å². The van der Waals surface area contributed by atoms with E-state index >= 15 is 0 Å². The van der Waals surface area contributed by atoms with Gasteiger partial charge in [-0.05, 0) is 5.56 Å². The number of aromatic nitrogens is 4.